The number of rotatable bonds is 6. The summed E-state index contributed by atoms with van der Waals surface area (Å²) in [5, 5.41) is 0. The van der Waals surface area contributed by atoms with Gasteiger partial charge in [0.25, 0.3) is 0 Å². The molecule has 1 atom stereocenters. The Labute approximate surface area is 167 Å². The fourth-order valence-corrected chi connectivity index (χ4v) is 4.00. The monoisotopic (exact) mass is 382 g/mol. The van der Waals surface area contributed by atoms with Crippen LogP contribution in [-0.4, -0.2) is 51.6 Å². The summed E-state index contributed by atoms with van der Waals surface area (Å²) in [4.78, 5) is 16.1. The van der Waals surface area contributed by atoms with Crippen molar-refractivity contribution in [2.24, 2.45) is 0 Å². The molecule has 5 heteroatoms. The summed E-state index contributed by atoms with van der Waals surface area (Å²) in [5.41, 5.74) is 5.39. The van der Waals surface area contributed by atoms with Crippen LogP contribution in [0.2, 0.25) is 0 Å². The van der Waals surface area contributed by atoms with Gasteiger partial charge in [-0.3, -0.25) is 9.69 Å². The van der Waals surface area contributed by atoms with E-state index in [2.05, 4.69) is 35.8 Å². The Morgan fingerprint density at radius 2 is 1.68 bits per heavy atom. The molecule has 0 aromatic heterocycles. The zero-order valence-corrected chi connectivity index (χ0v) is 17.5. The van der Waals surface area contributed by atoms with Gasteiger partial charge in [-0.15, -0.1) is 0 Å². The highest BCUT2D eigenvalue weighted by Gasteiger charge is 2.25. The van der Waals surface area contributed by atoms with Crippen LogP contribution in [0.4, 0.5) is 5.69 Å². The first-order valence-corrected chi connectivity index (χ1v) is 9.75. The van der Waals surface area contributed by atoms with Crippen LogP contribution in [0, 0.1) is 13.8 Å². The molecule has 1 aliphatic rings. The molecule has 28 heavy (non-hydrogen) atoms. The Hall–Kier alpha value is -2.53. The highest BCUT2D eigenvalue weighted by Crippen LogP contribution is 2.33. The van der Waals surface area contributed by atoms with Gasteiger partial charge in [-0.25, -0.2) is 0 Å². The first-order chi connectivity index (χ1) is 13.5. The summed E-state index contributed by atoms with van der Waals surface area (Å²) in [6.07, 6.45) is 0.938. The van der Waals surface area contributed by atoms with Gasteiger partial charge in [0.05, 0.1) is 14.2 Å². The smallest absolute Gasteiger partial charge is 0.150 e. The first-order valence-electron chi connectivity index (χ1n) is 9.75. The van der Waals surface area contributed by atoms with Gasteiger partial charge in [0.1, 0.15) is 17.8 Å². The van der Waals surface area contributed by atoms with Crippen LogP contribution in [0.25, 0.3) is 0 Å². The molecule has 0 radical (unpaired) electrons. The molecule has 2 aromatic rings. The van der Waals surface area contributed by atoms with E-state index in [1.807, 2.05) is 25.1 Å². The number of methoxy groups -OCH3 is 2. The number of hydrogen-bond donors (Lipinski definition) is 0. The van der Waals surface area contributed by atoms with Gasteiger partial charge < -0.3 is 14.4 Å². The van der Waals surface area contributed by atoms with E-state index in [1.54, 1.807) is 14.2 Å². The molecule has 2 aromatic carbocycles. The Balaban J connectivity index is 1.72. The maximum atomic E-state index is 11.2. The number of aldehydes is 1. The number of nitrogens with zero attached hydrogens (tertiary/aromatic N) is 2. The number of piperazine rings is 1. The molecule has 1 aliphatic heterocycles. The van der Waals surface area contributed by atoms with Crippen LogP contribution in [0.5, 0.6) is 11.5 Å². The molecule has 0 bridgehead atoms. The fourth-order valence-electron chi connectivity index (χ4n) is 4.00. The second-order valence-electron chi connectivity index (χ2n) is 7.42. The quantitative estimate of drug-likeness (QED) is 0.706. The number of ether oxygens (including phenoxy) is 2. The lowest BCUT2D eigenvalue weighted by Crippen LogP contribution is -2.47. The summed E-state index contributed by atoms with van der Waals surface area (Å²) in [6, 6.07) is 10.4. The number of carbonyl (C=O) groups is 1. The van der Waals surface area contributed by atoms with Crippen molar-refractivity contribution >= 4 is 12.0 Å². The molecule has 0 saturated carbocycles. The van der Waals surface area contributed by atoms with E-state index in [4.69, 9.17) is 9.47 Å². The molecule has 0 N–H and O–H groups in total. The first kappa shape index (κ1) is 20.2. The molecule has 150 valence electrons. The molecule has 1 saturated heterocycles. The lowest BCUT2D eigenvalue weighted by molar-refractivity contribution is 0.112. The summed E-state index contributed by atoms with van der Waals surface area (Å²) in [5.74, 6) is 1.67. The number of benzene rings is 2. The lowest BCUT2D eigenvalue weighted by atomic mass is 10.0. The van der Waals surface area contributed by atoms with Gasteiger partial charge in [-0.05, 0) is 50.1 Å². The number of hydrogen-bond acceptors (Lipinski definition) is 5. The summed E-state index contributed by atoms with van der Waals surface area (Å²) < 4.78 is 10.9. The zero-order valence-electron chi connectivity index (χ0n) is 17.5. The Morgan fingerprint density at radius 3 is 2.29 bits per heavy atom. The van der Waals surface area contributed by atoms with Gasteiger partial charge >= 0.3 is 0 Å². The van der Waals surface area contributed by atoms with Crippen molar-refractivity contribution in [1.29, 1.82) is 0 Å². The normalized spacial score (nSPS) is 16.0. The van der Waals surface area contributed by atoms with Crippen molar-refractivity contribution in [2.75, 3.05) is 45.3 Å². The van der Waals surface area contributed by atoms with Crippen LogP contribution in [0.15, 0.2) is 30.3 Å². The molecule has 0 unspecified atom stereocenters. The molecule has 0 amide bonds. The van der Waals surface area contributed by atoms with Crippen LogP contribution in [0.3, 0.4) is 0 Å². The maximum Gasteiger partial charge on any atom is 0.150 e. The van der Waals surface area contributed by atoms with Crippen LogP contribution >= 0.6 is 0 Å². The number of anilines is 1. The predicted octanol–water partition coefficient (Wildman–Crippen LogP) is 4.02. The lowest BCUT2D eigenvalue weighted by Gasteiger charge is -2.40. The van der Waals surface area contributed by atoms with Gasteiger partial charge in [0, 0.05) is 55.1 Å². The average molecular weight is 383 g/mol. The molecule has 5 nitrogen and oxygen atoms in total. The van der Waals surface area contributed by atoms with Crippen molar-refractivity contribution in [2.45, 2.75) is 26.8 Å². The molecule has 1 fully saturated rings. The summed E-state index contributed by atoms with van der Waals surface area (Å²) in [6.45, 7) is 10.2. The minimum absolute atomic E-state index is 0.267. The maximum absolute atomic E-state index is 11.2. The van der Waals surface area contributed by atoms with Crippen molar-refractivity contribution < 1.29 is 14.3 Å². The van der Waals surface area contributed by atoms with Crippen LogP contribution < -0.4 is 14.4 Å². The largest absolute Gasteiger partial charge is 0.497 e. The molecule has 1 heterocycles. The molecular weight excluding hydrogens is 352 g/mol. The third-order valence-corrected chi connectivity index (χ3v) is 5.80. The fraction of sp³-hybridized carbons (Fsp3) is 0.435. The second kappa shape index (κ2) is 8.65. The van der Waals surface area contributed by atoms with Gasteiger partial charge in [0.2, 0.25) is 0 Å². The van der Waals surface area contributed by atoms with Gasteiger partial charge in [-0.1, -0.05) is 6.07 Å². The van der Waals surface area contributed by atoms with E-state index in [-0.39, 0.29) is 6.04 Å². The van der Waals surface area contributed by atoms with E-state index >= 15 is 0 Å². The van der Waals surface area contributed by atoms with Crippen molar-refractivity contribution in [1.82, 2.24) is 4.90 Å². The van der Waals surface area contributed by atoms with E-state index in [0.29, 0.717) is 0 Å². The minimum Gasteiger partial charge on any atom is -0.497 e. The van der Waals surface area contributed by atoms with E-state index < -0.39 is 0 Å². The highest BCUT2D eigenvalue weighted by molar-refractivity contribution is 5.79. The number of aryl methyl sites for hydroxylation is 2. The Bertz CT molecular complexity index is 842. The van der Waals surface area contributed by atoms with Crippen LogP contribution in [-0.2, 0) is 0 Å². The van der Waals surface area contributed by atoms with E-state index in [9.17, 15) is 4.79 Å². The molecule has 0 aliphatic carbocycles. The van der Waals surface area contributed by atoms with E-state index in [1.165, 1.54) is 11.3 Å². The molecule has 0 spiro atoms. The van der Waals surface area contributed by atoms with Crippen molar-refractivity contribution in [3.63, 3.8) is 0 Å². The van der Waals surface area contributed by atoms with Crippen molar-refractivity contribution in [3.8, 4) is 11.5 Å². The minimum atomic E-state index is 0.267. The average Bonchev–Trinajstić information content (AvgIpc) is 2.74. The van der Waals surface area contributed by atoms with Crippen LogP contribution in [0.1, 0.15) is 40.0 Å². The topological polar surface area (TPSA) is 42.0 Å². The summed E-state index contributed by atoms with van der Waals surface area (Å²) in [7, 11) is 3.37. The third kappa shape index (κ3) is 3.99. The number of carbonyl (C=O) groups excluding carboxylic acids is 1. The second-order valence-corrected chi connectivity index (χ2v) is 7.42. The summed E-state index contributed by atoms with van der Waals surface area (Å²) >= 11 is 0. The van der Waals surface area contributed by atoms with E-state index in [0.717, 1.165) is 60.7 Å². The zero-order chi connectivity index (χ0) is 20.3. The molecular formula is C23H30N2O3. The third-order valence-electron chi connectivity index (χ3n) is 5.80. The van der Waals surface area contributed by atoms with Gasteiger partial charge in [-0.2, -0.15) is 0 Å². The SMILES string of the molecule is COc1ccc([C@@H](C)N2CCN(c3cc(C)c(C=O)cc3C)CC2)c(OC)c1. The molecule has 3 rings (SSSR count). The standard InChI is InChI=1S/C23H30N2O3/c1-16-13-22(17(2)12-19(16)15-26)25-10-8-24(9-11-25)18(3)21-7-6-20(27-4)14-23(21)28-5/h6-7,12-15,18H,8-11H2,1-5H3/t18-/m1/s1. The van der Waals surface area contributed by atoms with Gasteiger partial charge in [0.15, 0.2) is 0 Å². The highest BCUT2D eigenvalue weighted by atomic mass is 16.5. The van der Waals surface area contributed by atoms with Crippen molar-refractivity contribution in [3.05, 3.63) is 52.6 Å². The predicted molar refractivity (Wildman–Crippen MR) is 113 cm³/mol. The Kier molecular flexibility index (Phi) is 6.25. The Morgan fingerprint density at radius 1 is 0.964 bits per heavy atom.